The van der Waals surface area contributed by atoms with Gasteiger partial charge in [0.25, 0.3) is 0 Å². The summed E-state index contributed by atoms with van der Waals surface area (Å²) in [7, 11) is 0. The molecule has 1 aromatic carbocycles. The van der Waals surface area contributed by atoms with Crippen LogP contribution in [0.25, 0.3) is 5.57 Å². The molecule has 2 nitrogen and oxygen atoms in total. The first-order valence-corrected chi connectivity index (χ1v) is 3.08. The number of carbonyl (C=O) groups excluding carboxylic acids is 1. The summed E-state index contributed by atoms with van der Waals surface area (Å²) in [6.07, 6.45) is 2.32. The maximum atomic E-state index is 10.2. The molecule has 12 heavy (non-hydrogen) atoms. The van der Waals surface area contributed by atoms with Crippen LogP contribution in [0.1, 0.15) is 5.56 Å². The van der Waals surface area contributed by atoms with E-state index in [1.165, 1.54) is 0 Å². The Labute approximate surface area is 94.7 Å². The van der Waals surface area contributed by atoms with E-state index in [-0.39, 0.29) is 36.7 Å². The van der Waals surface area contributed by atoms with Crippen LogP contribution in [-0.2, 0) is 4.79 Å². The smallest absolute Gasteiger partial charge is 0.582 e. The van der Waals surface area contributed by atoms with Crippen LogP contribution in [0.4, 0.5) is 0 Å². The van der Waals surface area contributed by atoms with Crippen LogP contribution in [0.5, 0.6) is 0 Å². The van der Waals surface area contributed by atoms with E-state index in [0.29, 0.717) is 5.56 Å². The molecular formula is C9H6O2U. The van der Waals surface area contributed by atoms with Gasteiger partial charge >= 0.3 is 31.1 Å². The van der Waals surface area contributed by atoms with Gasteiger partial charge in [0.1, 0.15) is 0 Å². The Kier molecular flexibility index (Phi) is 5.79. The standard InChI is InChI=1S/C9H6O2.U/c10-6-9(7-11)8-4-2-1-3-5-8;/h1-4,6,10H;/q-2;+2/b9-6+;. The third-order valence-electron chi connectivity index (χ3n) is 1.24. The average molecular weight is 384 g/mol. The van der Waals surface area contributed by atoms with Gasteiger partial charge in [-0.1, -0.05) is 6.26 Å². The maximum Gasteiger partial charge on any atom is 2.00 e. The van der Waals surface area contributed by atoms with Gasteiger partial charge in [0.2, 0.25) is 0 Å². The second kappa shape index (κ2) is 6.05. The Morgan fingerprint density at radius 1 is 1.58 bits per heavy atom. The van der Waals surface area contributed by atoms with E-state index >= 15 is 0 Å². The summed E-state index contributed by atoms with van der Waals surface area (Å²) >= 11 is 0. The molecule has 0 atom stereocenters. The fourth-order valence-corrected chi connectivity index (χ4v) is 0.712. The number of benzene rings is 1. The molecule has 0 aliphatic carbocycles. The van der Waals surface area contributed by atoms with Crippen LogP contribution in [-0.4, -0.2) is 11.4 Å². The monoisotopic (exact) mass is 384 g/mol. The van der Waals surface area contributed by atoms with Gasteiger partial charge in [0, 0.05) is 6.29 Å². The van der Waals surface area contributed by atoms with Crippen molar-refractivity contribution >= 4 is 11.9 Å². The van der Waals surface area contributed by atoms with E-state index in [0.717, 1.165) is 6.26 Å². The summed E-state index contributed by atoms with van der Waals surface area (Å²) in [5, 5.41) is 8.53. The Hall–Kier alpha value is -0.518. The normalized spacial score (nSPS) is 10.2. The molecule has 0 unspecified atom stereocenters. The molecule has 0 aliphatic rings. The Balaban J connectivity index is 0.00000121. The van der Waals surface area contributed by atoms with Crippen LogP contribution >= 0.6 is 0 Å². The van der Waals surface area contributed by atoms with Crippen molar-refractivity contribution in [3.63, 3.8) is 0 Å². The molecule has 1 aromatic rings. The Morgan fingerprint density at radius 3 is 2.75 bits per heavy atom. The molecule has 0 saturated carbocycles. The fraction of sp³-hybridized carbons (Fsp3) is 0. The first-order valence-electron chi connectivity index (χ1n) is 3.08. The van der Waals surface area contributed by atoms with Gasteiger partial charge < -0.3 is 9.90 Å². The zero-order chi connectivity index (χ0) is 8.10. The molecule has 1 rings (SSSR count). The number of allylic oxidation sites excluding steroid dienone is 1. The van der Waals surface area contributed by atoms with Gasteiger partial charge in [0.05, 0.1) is 0 Å². The van der Waals surface area contributed by atoms with Crippen molar-refractivity contribution in [2.45, 2.75) is 0 Å². The zero-order valence-corrected chi connectivity index (χ0v) is 10.4. The Bertz CT molecular complexity index is 267. The predicted molar refractivity (Wildman–Crippen MR) is 41.6 cm³/mol. The fourth-order valence-electron chi connectivity index (χ4n) is 0.712. The van der Waals surface area contributed by atoms with E-state index in [9.17, 15) is 4.79 Å². The minimum absolute atomic E-state index is 0. The van der Waals surface area contributed by atoms with E-state index in [1.807, 2.05) is 0 Å². The molecule has 0 spiro atoms. The third kappa shape index (κ3) is 2.85. The van der Waals surface area contributed by atoms with Gasteiger partial charge in [-0.2, -0.15) is 17.7 Å². The molecule has 58 valence electrons. The van der Waals surface area contributed by atoms with Crippen LogP contribution in [0, 0.1) is 37.2 Å². The molecule has 0 amide bonds. The SMILES string of the molecule is O=[C-]/C(=C\O)c1[c-]cccc1.[U+2]. The maximum absolute atomic E-state index is 10.2. The van der Waals surface area contributed by atoms with Crippen molar-refractivity contribution < 1.29 is 41.0 Å². The summed E-state index contributed by atoms with van der Waals surface area (Å²) in [5.74, 6) is 0. The third-order valence-corrected chi connectivity index (χ3v) is 1.24. The summed E-state index contributed by atoms with van der Waals surface area (Å²) in [4.78, 5) is 10.2. The van der Waals surface area contributed by atoms with E-state index in [1.54, 1.807) is 30.6 Å². The molecular weight excluding hydrogens is 378 g/mol. The minimum Gasteiger partial charge on any atom is -0.582 e. The van der Waals surface area contributed by atoms with E-state index in [4.69, 9.17) is 5.11 Å². The molecule has 3 heteroatoms. The molecule has 0 aromatic heterocycles. The van der Waals surface area contributed by atoms with Crippen molar-refractivity contribution in [2.24, 2.45) is 0 Å². The summed E-state index contributed by atoms with van der Waals surface area (Å²) in [5.41, 5.74) is 0.663. The van der Waals surface area contributed by atoms with E-state index < -0.39 is 0 Å². The van der Waals surface area contributed by atoms with Gasteiger partial charge in [-0.3, -0.25) is 0 Å². The first kappa shape index (κ1) is 11.5. The van der Waals surface area contributed by atoms with Crippen molar-refractivity contribution in [2.75, 3.05) is 0 Å². The van der Waals surface area contributed by atoms with E-state index in [2.05, 4.69) is 6.07 Å². The van der Waals surface area contributed by atoms with Crippen LogP contribution in [0.15, 0.2) is 30.5 Å². The molecule has 0 aliphatic heterocycles. The van der Waals surface area contributed by atoms with Crippen LogP contribution in [0.2, 0.25) is 0 Å². The molecule has 0 fully saturated rings. The van der Waals surface area contributed by atoms with Crippen molar-refractivity contribution in [1.29, 1.82) is 0 Å². The number of aliphatic hydroxyl groups is 1. The largest absolute Gasteiger partial charge is 2.00 e. The van der Waals surface area contributed by atoms with Crippen molar-refractivity contribution in [3.8, 4) is 0 Å². The Morgan fingerprint density at radius 2 is 2.33 bits per heavy atom. The number of aliphatic hydroxyl groups excluding tert-OH is 1. The number of hydrogen-bond donors (Lipinski definition) is 1. The number of rotatable bonds is 2. The summed E-state index contributed by atoms with van der Waals surface area (Å²) in [6.45, 7) is 0. The molecule has 0 saturated heterocycles. The molecule has 1 N–H and O–H groups in total. The average Bonchev–Trinajstić information content (AvgIpc) is 2.09. The molecule has 0 heterocycles. The minimum atomic E-state index is 0. The zero-order valence-electron chi connectivity index (χ0n) is 6.24. The van der Waals surface area contributed by atoms with Crippen LogP contribution in [0.3, 0.4) is 0 Å². The molecule has 0 bridgehead atoms. The molecule has 0 radical (unpaired) electrons. The van der Waals surface area contributed by atoms with Crippen molar-refractivity contribution in [1.82, 2.24) is 0 Å². The van der Waals surface area contributed by atoms with Gasteiger partial charge in [-0.15, -0.1) is 6.07 Å². The van der Waals surface area contributed by atoms with Crippen molar-refractivity contribution in [3.05, 3.63) is 42.2 Å². The second-order valence-electron chi connectivity index (χ2n) is 1.92. The summed E-state index contributed by atoms with van der Waals surface area (Å²) in [6, 6.07) is 9.65. The topological polar surface area (TPSA) is 37.3 Å². The quantitative estimate of drug-likeness (QED) is 0.477. The van der Waals surface area contributed by atoms with Gasteiger partial charge in [0.15, 0.2) is 0 Å². The predicted octanol–water partition coefficient (Wildman–Crippen LogP) is 1.50. The van der Waals surface area contributed by atoms with Gasteiger partial charge in [-0.05, 0) is 0 Å². The second-order valence-corrected chi connectivity index (χ2v) is 1.92. The number of hydrogen-bond acceptors (Lipinski definition) is 2. The van der Waals surface area contributed by atoms with Gasteiger partial charge in [-0.25, -0.2) is 17.7 Å². The summed E-state index contributed by atoms with van der Waals surface area (Å²) < 4.78 is 0. The first-order chi connectivity index (χ1) is 5.38. The van der Waals surface area contributed by atoms with Crippen LogP contribution < -0.4 is 0 Å².